The Bertz CT molecular complexity index is 370. The monoisotopic (exact) mass is 218 g/mol. The van der Waals surface area contributed by atoms with Gasteiger partial charge in [-0.2, -0.15) is 0 Å². The summed E-state index contributed by atoms with van der Waals surface area (Å²) in [5.74, 6) is 0. The average Bonchev–Trinajstić information content (AvgIpc) is 2.11. The third-order valence-corrected chi connectivity index (χ3v) is 5.19. The Hall–Kier alpha value is -0.823. The van der Waals surface area contributed by atoms with Crippen molar-refractivity contribution in [3.63, 3.8) is 0 Å². The van der Waals surface area contributed by atoms with E-state index in [9.17, 15) is 0 Å². The highest BCUT2D eigenvalue weighted by atomic mass is 28.2. The number of hydrogen-bond donors (Lipinski definition) is 0. The van der Waals surface area contributed by atoms with Crippen LogP contribution in [0.4, 0.5) is 0 Å². The SMILES string of the molecule is C=Cc1ccc(C)c(C)c1[SiH2]C(C)(C)C. The lowest BCUT2D eigenvalue weighted by Crippen LogP contribution is -2.28. The summed E-state index contributed by atoms with van der Waals surface area (Å²) < 4.78 is 0. The fraction of sp³-hybridized carbons (Fsp3) is 0.429. The molecule has 82 valence electrons. The first kappa shape index (κ1) is 12.2. The van der Waals surface area contributed by atoms with Crippen LogP contribution in [0.1, 0.15) is 37.5 Å². The van der Waals surface area contributed by atoms with Crippen LogP contribution in [0, 0.1) is 13.8 Å². The molecule has 0 heterocycles. The Balaban J connectivity index is 3.24. The second-order valence-electron chi connectivity index (χ2n) is 5.52. The van der Waals surface area contributed by atoms with E-state index in [1.54, 1.807) is 5.19 Å². The van der Waals surface area contributed by atoms with Crippen molar-refractivity contribution < 1.29 is 0 Å². The molecule has 0 spiro atoms. The van der Waals surface area contributed by atoms with Crippen molar-refractivity contribution in [2.75, 3.05) is 0 Å². The first-order chi connectivity index (χ1) is 6.85. The molecule has 1 aromatic rings. The van der Waals surface area contributed by atoms with E-state index in [0.29, 0.717) is 5.04 Å². The maximum absolute atomic E-state index is 3.91. The molecule has 0 radical (unpaired) electrons. The quantitative estimate of drug-likeness (QED) is 0.670. The molecule has 0 aromatic heterocycles. The van der Waals surface area contributed by atoms with E-state index in [0.717, 1.165) is 0 Å². The van der Waals surface area contributed by atoms with Crippen molar-refractivity contribution in [2.24, 2.45) is 0 Å². The molecule has 0 aliphatic rings. The largest absolute Gasteiger partial charge is 0.0985 e. The molecule has 0 bridgehead atoms. The van der Waals surface area contributed by atoms with E-state index < -0.39 is 0 Å². The molecular weight excluding hydrogens is 196 g/mol. The first-order valence-electron chi connectivity index (χ1n) is 5.56. The summed E-state index contributed by atoms with van der Waals surface area (Å²) in [7, 11) is -0.235. The zero-order chi connectivity index (χ0) is 11.6. The van der Waals surface area contributed by atoms with Crippen LogP contribution in [0.3, 0.4) is 0 Å². The Morgan fingerprint density at radius 2 is 1.80 bits per heavy atom. The van der Waals surface area contributed by atoms with Crippen molar-refractivity contribution in [2.45, 2.75) is 39.7 Å². The van der Waals surface area contributed by atoms with Gasteiger partial charge in [0.2, 0.25) is 0 Å². The van der Waals surface area contributed by atoms with E-state index in [1.165, 1.54) is 16.7 Å². The van der Waals surface area contributed by atoms with Crippen LogP contribution >= 0.6 is 0 Å². The minimum absolute atomic E-state index is 0.235. The van der Waals surface area contributed by atoms with Gasteiger partial charge in [0.1, 0.15) is 0 Å². The van der Waals surface area contributed by atoms with Crippen molar-refractivity contribution in [3.05, 3.63) is 35.4 Å². The van der Waals surface area contributed by atoms with Gasteiger partial charge in [-0.3, -0.25) is 0 Å². The number of hydrogen-bond acceptors (Lipinski definition) is 0. The molecule has 0 aliphatic carbocycles. The van der Waals surface area contributed by atoms with Crippen molar-refractivity contribution >= 4 is 20.8 Å². The Labute approximate surface area is 96.2 Å². The summed E-state index contributed by atoms with van der Waals surface area (Å²) in [6, 6.07) is 4.41. The lowest BCUT2D eigenvalue weighted by Gasteiger charge is -2.21. The standard InChI is InChI=1S/C14H22Si/c1-7-12-9-8-10(2)11(3)13(12)15-14(4,5)6/h7-9H,1,15H2,2-6H3. The van der Waals surface area contributed by atoms with Crippen LogP contribution < -0.4 is 5.19 Å². The molecule has 15 heavy (non-hydrogen) atoms. The topological polar surface area (TPSA) is 0 Å². The lowest BCUT2D eigenvalue weighted by molar-refractivity contribution is 0.759. The van der Waals surface area contributed by atoms with Crippen LogP contribution in [-0.2, 0) is 0 Å². The minimum Gasteiger partial charge on any atom is -0.0985 e. The normalized spacial score (nSPS) is 12.3. The maximum Gasteiger partial charge on any atom is 0.0612 e. The van der Waals surface area contributed by atoms with Crippen LogP contribution in [0.5, 0.6) is 0 Å². The van der Waals surface area contributed by atoms with E-state index in [1.807, 2.05) is 6.08 Å². The van der Waals surface area contributed by atoms with Crippen molar-refractivity contribution in [1.82, 2.24) is 0 Å². The van der Waals surface area contributed by atoms with E-state index in [-0.39, 0.29) is 9.52 Å². The van der Waals surface area contributed by atoms with E-state index in [2.05, 4.69) is 53.3 Å². The lowest BCUT2D eigenvalue weighted by atomic mass is 10.1. The van der Waals surface area contributed by atoms with E-state index in [4.69, 9.17) is 0 Å². The van der Waals surface area contributed by atoms with Crippen molar-refractivity contribution in [1.29, 1.82) is 0 Å². The second kappa shape index (κ2) is 4.36. The average molecular weight is 218 g/mol. The highest BCUT2D eigenvalue weighted by Gasteiger charge is 2.16. The second-order valence-corrected chi connectivity index (χ2v) is 8.70. The van der Waals surface area contributed by atoms with Gasteiger partial charge in [-0.1, -0.05) is 50.7 Å². The summed E-state index contributed by atoms with van der Waals surface area (Å²) in [4.78, 5) is 0. The Morgan fingerprint density at radius 1 is 1.20 bits per heavy atom. The summed E-state index contributed by atoms with van der Waals surface area (Å²) in [6.07, 6.45) is 2.00. The molecule has 1 heteroatoms. The van der Waals surface area contributed by atoms with Gasteiger partial charge in [-0.25, -0.2) is 0 Å². The number of rotatable bonds is 2. The Kier molecular flexibility index (Phi) is 3.56. The van der Waals surface area contributed by atoms with Gasteiger partial charge >= 0.3 is 0 Å². The van der Waals surface area contributed by atoms with Gasteiger partial charge in [0.05, 0.1) is 9.52 Å². The minimum atomic E-state index is -0.235. The molecule has 0 amide bonds. The molecule has 0 aliphatic heterocycles. The molecule has 0 unspecified atom stereocenters. The number of benzene rings is 1. The molecular formula is C14H22Si. The van der Waals surface area contributed by atoms with Crippen LogP contribution in [-0.4, -0.2) is 9.52 Å². The molecule has 0 atom stereocenters. The van der Waals surface area contributed by atoms with Gasteiger partial charge in [-0.15, -0.1) is 0 Å². The number of aryl methyl sites for hydroxylation is 1. The van der Waals surface area contributed by atoms with Gasteiger partial charge in [0.25, 0.3) is 0 Å². The predicted molar refractivity (Wildman–Crippen MR) is 73.9 cm³/mol. The molecule has 0 fully saturated rings. The fourth-order valence-electron chi connectivity index (χ4n) is 1.85. The summed E-state index contributed by atoms with van der Waals surface area (Å²) in [5, 5.41) is 2.06. The van der Waals surface area contributed by atoms with Crippen LogP contribution in [0.15, 0.2) is 18.7 Å². The Morgan fingerprint density at radius 3 is 2.27 bits per heavy atom. The predicted octanol–water partition coefficient (Wildman–Crippen LogP) is 2.96. The zero-order valence-corrected chi connectivity index (χ0v) is 12.1. The first-order valence-corrected chi connectivity index (χ1v) is 6.98. The fourth-order valence-corrected chi connectivity index (χ4v) is 3.92. The third kappa shape index (κ3) is 3.06. The van der Waals surface area contributed by atoms with Crippen molar-refractivity contribution in [3.8, 4) is 0 Å². The highest BCUT2D eigenvalue weighted by molar-refractivity contribution is 6.58. The molecule has 0 saturated heterocycles. The molecule has 0 nitrogen and oxygen atoms in total. The molecule has 0 saturated carbocycles. The summed E-state index contributed by atoms with van der Waals surface area (Å²) in [5.41, 5.74) is 4.24. The van der Waals surface area contributed by atoms with Crippen LogP contribution in [0.25, 0.3) is 6.08 Å². The van der Waals surface area contributed by atoms with Gasteiger partial charge in [-0.05, 0) is 35.6 Å². The molecule has 1 aromatic carbocycles. The third-order valence-electron chi connectivity index (χ3n) is 2.83. The van der Waals surface area contributed by atoms with Crippen LogP contribution in [0.2, 0.25) is 5.04 Å². The molecule has 1 rings (SSSR count). The summed E-state index contributed by atoms with van der Waals surface area (Å²) in [6.45, 7) is 15.4. The molecule has 0 N–H and O–H groups in total. The van der Waals surface area contributed by atoms with Gasteiger partial charge < -0.3 is 0 Å². The van der Waals surface area contributed by atoms with E-state index >= 15 is 0 Å². The van der Waals surface area contributed by atoms with Gasteiger partial charge in [0, 0.05) is 0 Å². The highest BCUT2D eigenvalue weighted by Crippen LogP contribution is 2.22. The zero-order valence-electron chi connectivity index (χ0n) is 10.6. The smallest absolute Gasteiger partial charge is 0.0612 e. The van der Waals surface area contributed by atoms with Gasteiger partial charge in [0.15, 0.2) is 0 Å². The maximum atomic E-state index is 3.91. The summed E-state index contributed by atoms with van der Waals surface area (Å²) >= 11 is 0.